The Morgan fingerprint density at radius 2 is 2.12 bits per heavy atom. The van der Waals surface area contributed by atoms with Crippen molar-refractivity contribution in [1.82, 2.24) is 19.8 Å². The molecule has 0 aliphatic carbocycles. The zero-order chi connectivity index (χ0) is 12.6. The summed E-state index contributed by atoms with van der Waals surface area (Å²) < 4.78 is 5.70. The van der Waals surface area contributed by atoms with Crippen molar-refractivity contribution in [2.75, 3.05) is 28.2 Å². The van der Waals surface area contributed by atoms with Crippen molar-refractivity contribution in [1.29, 1.82) is 0 Å². The molecule has 17 heavy (non-hydrogen) atoms. The summed E-state index contributed by atoms with van der Waals surface area (Å²) in [6.07, 6.45) is 1.78. The summed E-state index contributed by atoms with van der Waals surface area (Å²) in [5.74, 6) is 0.989. The molecule has 0 saturated heterocycles. The van der Waals surface area contributed by atoms with Crippen molar-refractivity contribution >= 4 is 17.1 Å². The fraction of sp³-hybridized carbons (Fsp3) is 0.455. The van der Waals surface area contributed by atoms with Gasteiger partial charge in [-0.05, 0) is 12.1 Å². The van der Waals surface area contributed by atoms with E-state index in [4.69, 9.17) is 0 Å². The first kappa shape index (κ1) is 11.5. The van der Waals surface area contributed by atoms with Crippen LogP contribution >= 0.6 is 0 Å². The molecule has 90 valence electrons. The van der Waals surface area contributed by atoms with Crippen molar-refractivity contribution in [2.45, 2.75) is 0 Å². The Kier molecular flexibility index (Phi) is 2.79. The molecule has 0 aliphatic rings. The predicted molar refractivity (Wildman–Crippen MR) is 64.9 cm³/mol. The second-order valence-corrected chi connectivity index (χ2v) is 4.36. The zero-order valence-electron chi connectivity index (χ0n) is 10.9. The molecule has 2 aromatic heterocycles. The summed E-state index contributed by atoms with van der Waals surface area (Å²) in [6.45, 7) is 0. The standard InChI is InChI=1S/C11H18N6/c1-14(2)11(15(3)4)17-9-7-6-8-12-10(9)16(5)13-17/h6-8H,1-5H3/q+2. The van der Waals surface area contributed by atoms with Crippen LogP contribution in [0.2, 0.25) is 0 Å². The van der Waals surface area contributed by atoms with Gasteiger partial charge < -0.3 is 0 Å². The van der Waals surface area contributed by atoms with Gasteiger partial charge >= 0.3 is 11.6 Å². The van der Waals surface area contributed by atoms with Gasteiger partial charge in [-0.2, -0.15) is 0 Å². The molecule has 0 aliphatic heterocycles. The molecule has 2 heterocycles. The van der Waals surface area contributed by atoms with E-state index in [1.165, 1.54) is 0 Å². The minimum absolute atomic E-state index is 0.869. The van der Waals surface area contributed by atoms with E-state index in [9.17, 15) is 0 Å². The Morgan fingerprint density at radius 3 is 2.71 bits per heavy atom. The molecule has 6 nitrogen and oxygen atoms in total. The summed E-state index contributed by atoms with van der Waals surface area (Å²) in [6, 6.07) is 3.94. The van der Waals surface area contributed by atoms with Crippen molar-refractivity contribution in [3.8, 4) is 0 Å². The quantitative estimate of drug-likeness (QED) is 0.344. The molecular weight excluding hydrogens is 216 g/mol. The third kappa shape index (κ3) is 1.86. The van der Waals surface area contributed by atoms with Gasteiger partial charge in [0.25, 0.3) is 0 Å². The summed E-state index contributed by atoms with van der Waals surface area (Å²) in [7, 11) is 9.89. The molecule has 0 aromatic carbocycles. The minimum atomic E-state index is 0.869. The topological polar surface area (TPSA) is 40.8 Å². The van der Waals surface area contributed by atoms with E-state index < -0.39 is 0 Å². The average Bonchev–Trinajstić information content (AvgIpc) is 2.56. The van der Waals surface area contributed by atoms with E-state index in [-0.39, 0.29) is 0 Å². The highest BCUT2D eigenvalue weighted by Crippen LogP contribution is 2.05. The Labute approximate surface area is 100 Å². The van der Waals surface area contributed by atoms with Crippen LogP contribution in [0.4, 0.5) is 0 Å². The van der Waals surface area contributed by atoms with E-state index in [0.717, 1.165) is 17.1 Å². The molecule has 2 aromatic rings. The van der Waals surface area contributed by atoms with Gasteiger partial charge in [0.15, 0.2) is 0 Å². The number of nitrogens with zero attached hydrogens (tertiary/aromatic N) is 6. The fourth-order valence-electron chi connectivity index (χ4n) is 1.95. The lowest BCUT2D eigenvalue weighted by Crippen LogP contribution is -2.40. The second kappa shape index (κ2) is 4.12. The highest BCUT2D eigenvalue weighted by molar-refractivity contribution is 5.85. The number of pyridine rings is 1. The summed E-state index contributed by atoms with van der Waals surface area (Å²) >= 11 is 0. The fourth-order valence-corrected chi connectivity index (χ4v) is 1.95. The first-order valence-electron chi connectivity index (χ1n) is 5.44. The first-order chi connectivity index (χ1) is 8.02. The highest BCUT2D eigenvalue weighted by Gasteiger charge is 2.24. The van der Waals surface area contributed by atoms with Crippen LogP contribution in [0, 0.1) is 0 Å². The van der Waals surface area contributed by atoms with E-state index in [2.05, 4.69) is 10.2 Å². The Morgan fingerprint density at radius 1 is 1.41 bits per heavy atom. The maximum atomic E-state index is 4.48. The molecule has 6 heteroatoms. The van der Waals surface area contributed by atoms with Gasteiger partial charge in [0.2, 0.25) is 5.52 Å². The van der Waals surface area contributed by atoms with Crippen LogP contribution in [0.1, 0.15) is 0 Å². The minimum Gasteiger partial charge on any atom is -0.268 e. The number of aromatic nitrogens is 4. The number of hydrogen-bond donors (Lipinski definition) is 0. The molecule has 0 spiro atoms. The van der Waals surface area contributed by atoms with Crippen LogP contribution in [0.25, 0.3) is 11.2 Å². The van der Waals surface area contributed by atoms with E-state index in [0.29, 0.717) is 0 Å². The molecule has 0 saturated carbocycles. The third-order valence-electron chi connectivity index (χ3n) is 2.51. The number of hydrogen-bond acceptors (Lipinski definition) is 2. The van der Waals surface area contributed by atoms with Gasteiger partial charge in [-0.1, -0.05) is 4.68 Å². The summed E-state index contributed by atoms with van der Waals surface area (Å²) in [4.78, 5) is 6.36. The smallest absolute Gasteiger partial charge is 0.268 e. The van der Waals surface area contributed by atoms with Gasteiger partial charge in [-0.3, -0.25) is 9.48 Å². The Balaban J connectivity index is 2.76. The molecule has 0 radical (unpaired) electrons. The molecule has 2 rings (SSSR count). The van der Waals surface area contributed by atoms with Crippen molar-refractivity contribution in [3.05, 3.63) is 18.3 Å². The lowest BCUT2D eigenvalue weighted by atomic mass is 10.4. The zero-order valence-corrected chi connectivity index (χ0v) is 10.9. The molecule has 0 unspecified atom stereocenters. The molecule has 0 fully saturated rings. The molecule has 0 atom stereocenters. The lowest BCUT2D eigenvalue weighted by Gasteiger charge is -2.09. The van der Waals surface area contributed by atoms with Gasteiger partial charge in [0.1, 0.15) is 6.20 Å². The normalized spacial score (nSPS) is 10.6. The number of aryl methyl sites for hydroxylation is 1. The van der Waals surface area contributed by atoms with Crippen LogP contribution < -0.4 is 4.68 Å². The maximum absolute atomic E-state index is 4.48. The van der Waals surface area contributed by atoms with Crippen molar-refractivity contribution < 1.29 is 9.26 Å². The van der Waals surface area contributed by atoms with Crippen LogP contribution in [-0.4, -0.2) is 58.5 Å². The molecular formula is C11H18N6+2. The average molecular weight is 234 g/mol. The SMILES string of the molecule is CN(C)C(n1n[n+](C)c2ncccc21)=[N+](C)C. The van der Waals surface area contributed by atoms with Crippen LogP contribution in [0.15, 0.2) is 18.3 Å². The number of fused-ring (bicyclic) bond motifs is 1. The Hall–Kier alpha value is -1.98. The van der Waals surface area contributed by atoms with Crippen LogP contribution in [0.5, 0.6) is 0 Å². The van der Waals surface area contributed by atoms with Gasteiger partial charge in [-0.15, -0.1) is 9.67 Å². The monoisotopic (exact) mass is 234 g/mol. The second-order valence-electron chi connectivity index (χ2n) is 4.36. The van der Waals surface area contributed by atoms with Gasteiger partial charge in [0, 0.05) is 5.21 Å². The highest BCUT2D eigenvalue weighted by atomic mass is 15.6. The molecule has 0 N–H and O–H groups in total. The number of rotatable bonds is 0. The summed E-state index contributed by atoms with van der Waals surface area (Å²) in [5.41, 5.74) is 1.86. The van der Waals surface area contributed by atoms with Crippen LogP contribution in [0.3, 0.4) is 0 Å². The summed E-state index contributed by atoms with van der Waals surface area (Å²) in [5, 5.41) is 4.48. The van der Waals surface area contributed by atoms with Crippen LogP contribution in [-0.2, 0) is 7.05 Å². The maximum Gasteiger partial charge on any atom is 0.381 e. The largest absolute Gasteiger partial charge is 0.381 e. The van der Waals surface area contributed by atoms with E-state index in [1.54, 1.807) is 10.9 Å². The first-order valence-corrected chi connectivity index (χ1v) is 5.44. The van der Waals surface area contributed by atoms with Crippen molar-refractivity contribution in [3.63, 3.8) is 0 Å². The van der Waals surface area contributed by atoms with Gasteiger partial charge in [0.05, 0.1) is 35.2 Å². The third-order valence-corrected chi connectivity index (χ3v) is 2.51. The van der Waals surface area contributed by atoms with Crippen molar-refractivity contribution in [2.24, 2.45) is 7.05 Å². The Bertz CT molecular complexity index is 577. The van der Waals surface area contributed by atoms with E-state index >= 15 is 0 Å². The predicted octanol–water partition coefficient (Wildman–Crippen LogP) is -0.706. The molecule has 0 bridgehead atoms. The van der Waals surface area contributed by atoms with E-state index in [1.807, 2.05) is 61.5 Å². The molecule has 0 amide bonds. The lowest BCUT2D eigenvalue weighted by molar-refractivity contribution is -0.710. The van der Waals surface area contributed by atoms with Gasteiger partial charge in [-0.25, -0.2) is 0 Å².